The summed E-state index contributed by atoms with van der Waals surface area (Å²) in [5.74, 6) is 0.139. The Balaban J connectivity index is 2.10. The number of nitrogens with zero attached hydrogens (tertiary/aromatic N) is 4. The Bertz CT molecular complexity index is 865. The van der Waals surface area contributed by atoms with Crippen molar-refractivity contribution in [2.75, 3.05) is 7.11 Å². The van der Waals surface area contributed by atoms with E-state index in [4.69, 9.17) is 4.74 Å². The second kappa shape index (κ2) is 7.35. The van der Waals surface area contributed by atoms with E-state index in [1.54, 1.807) is 37.1 Å². The van der Waals surface area contributed by atoms with Crippen molar-refractivity contribution in [2.24, 2.45) is 0 Å². The van der Waals surface area contributed by atoms with Gasteiger partial charge in [0.2, 0.25) is 0 Å². The van der Waals surface area contributed by atoms with E-state index >= 15 is 0 Å². The number of hydrogen-bond donors (Lipinski definition) is 0. The second-order valence-corrected chi connectivity index (χ2v) is 6.47. The SMILES string of the molecule is COc1ccc(-n2c(S[C@@H](C)C(=O)[O-])nnc2-c2cccnc2)cc1. The third-order valence-corrected chi connectivity index (χ3v) is 4.52. The molecule has 0 saturated heterocycles. The van der Waals surface area contributed by atoms with Gasteiger partial charge in [-0.2, -0.15) is 0 Å². The number of carboxylic acids is 1. The highest BCUT2D eigenvalue weighted by molar-refractivity contribution is 8.00. The summed E-state index contributed by atoms with van der Waals surface area (Å²) in [6.45, 7) is 1.55. The molecule has 0 aliphatic carbocycles. The summed E-state index contributed by atoms with van der Waals surface area (Å²) in [5, 5.41) is 19.2. The van der Waals surface area contributed by atoms with Crippen LogP contribution in [-0.2, 0) is 4.79 Å². The number of rotatable bonds is 6. The van der Waals surface area contributed by atoms with Gasteiger partial charge < -0.3 is 14.6 Å². The molecule has 7 nitrogen and oxygen atoms in total. The molecule has 8 heteroatoms. The summed E-state index contributed by atoms with van der Waals surface area (Å²) in [4.78, 5) is 15.2. The number of benzene rings is 1. The number of aliphatic carboxylic acids is 1. The predicted octanol–water partition coefficient (Wildman–Crippen LogP) is 1.57. The van der Waals surface area contributed by atoms with Gasteiger partial charge in [0.15, 0.2) is 11.0 Å². The molecule has 2 heterocycles. The van der Waals surface area contributed by atoms with Crippen LogP contribution in [0, 0.1) is 0 Å². The third-order valence-electron chi connectivity index (χ3n) is 3.50. The summed E-state index contributed by atoms with van der Waals surface area (Å²) < 4.78 is 6.98. The molecule has 128 valence electrons. The molecule has 0 bridgehead atoms. The normalized spacial score (nSPS) is 11.9. The minimum Gasteiger partial charge on any atom is -0.549 e. The Morgan fingerprint density at radius 1 is 1.24 bits per heavy atom. The van der Waals surface area contributed by atoms with E-state index < -0.39 is 11.2 Å². The van der Waals surface area contributed by atoms with Crippen LogP contribution in [0.1, 0.15) is 6.92 Å². The van der Waals surface area contributed by atoms with E-state index in [9.17, 15) is 9.90 Å². The van der Waals surface area contributed by atoms with Gasteiger partial charge in [0, 0.05) is 28.9 Å². The van der Waals surface area contributed by atoms with Crippen LogP contribution in [0.15, 0.2) is 53.9 Å². The molecule has 0 unspecified atom stereocenters. The van der Waals surface area contributed by atoms with E-state index in [1.807, 2.05) is 30.3 Å². The largest absolute Gasteiger partial charge is 0.549 e. The lowest BCUT2D eigenvalue weighted by atomic mass is 10.2. The summed E-state index contributed by atoms with van der Waals surface area (Å²) in [7, 11) is 1.59. The first-order chi connectivity index (χ1) is 12.1. The maximum absolute atomic E-state index is 11.1. The molecule has 0 saturated carbocycles. The quantitative estimate of drug-likeness (QED) is 0.620. The number of hydrogen-bond acceptors (Lipinski definition) is 7. The second-order valence-electron chi connectivity index (χ2n) is 5.16. The molecule has 3 aromatic rings. The minimum atomic E-state index is -1.16. The highest BCUT2D eigenvalue weighted by Gasteiger charge is 2.19. The maximum Gasteiger partial charge on any atom is 0.196 e. The molecule has 0 aliphatic heterocycles. The van der Waals surface area contributed by atoms with Gasteiger partial charge in [0.25, 0.3) is 0 Å². The number of carbonyl (C=O) groups excluding carboxylic acids is 1. The highest BCUT2D eigenvalue weighted by atomic mass is 32.2. The van der Waals surface area contributed by atoms with Gasteiger partial charge in [-0.05, 0) is 43.3 Å². The van der Waals surface area contributed by atoms with Crippen molar-refractivity contribution in [3.63, 3.8) is 0 Å². The first kappa shape index (κ1) is 17.0. The standard InChI is InChI=1S/C17H16N4O3S/c1-11(16(22)23)25-17-20-19-15(12-4-3-9-18-10-12)21(17)13-5-7-14(24-2)8-6-13/h3-11H,1-2H3,(H,22,23)/p-1/t11-/m0/s1. The lowest BCUT2D eigenvalue weighted by molar-refractivity contribution is -0.304. The van der Waals surface area contributed by atoms with E-state index in [0.29, 0.717) is 11.0 Å². The van der Waals surface area contributed by atoms with E-state index in [-0.39, 0.29) is 0 Å². The first-order valence-corrected chi connectivity index (χ1v) is 8.36. The fourth-order valence-electron chi connectivity index (χ4n) is 2.20. The Morgan fingerprint density at radius 2 is 2.00 bits per heavy atom. The summed E-state index contributed by atoms with van der Waals surface area (Å²) >= 11 is 1.07. The van der Waals surface area contributed by atoms with Crippen LogP contribution in [0.5, 0.6) is 5.75 Å². The number of thioether (sulfide) groups is 1. The molecule has 3 rings (SSSR count). The first-order valence-electron chi connectivity index (χ1n) is 7.48. The molecule has 0 amide bonds. The van der Waals surface area contributed by atoms with Gasteiger partial charge in [-0.25, -0.2) is 0 Å². The van der Waals surface area contributed by atoms with Crippen molar-refractivity contribution >= 4 is 17.7 Å². The molecule has 0 radical (unpaired) electrons. The van der Waals surface area contributed by atoms with Crippen molar-refractivity contribution in [1.29, 1.82) is 0 Å². The van der Waals surface area contributed by atoms with Crippen LogP contribution in [0.3, 0.4) is 0 Å². The van der Waals surface area contributed by atoms with Crippen molar-refractivity contribution in [3.8, 4) is 22.8 Å². The summed E-state index contributed by atoms with van der Waals surface area (Å²) in [6, 6.07) is 11.0. The third kappa shape index (κ3) is 3.63. The molecule has 0 spiro atoms. The predicted molar refractivity (Wildman–Crippen MR) is 91.5 cm³/mol. The van der Waals surface area contributed by atoms with Crippen LogP contribution >= 0.6 is 11.8 Å². The zero-order valence-electron chi connectivity index (χ0n) is 13.6. The fourth-order valence-corrected chi connectivity index (χ4v) is 3.00. The van der Waals surface area contributed by atoms with Crippen molar-refractivity contribution in [1.82, 2.24) is 19.7 Å². The Labute approximate surface area is 148 Å². The number of carbonyl (C=O) groups is 1. The van der Waals surface area contributed by atoms with E-state index in [2.05, 4.69) is 15.2 Å². The number of ether oxygens (including phenoxy) is 1. The lowest BCUT2D eigenvalue weighted by Crippen LogP contribution is -2.31. The molecule has 0 fully saturated rings. The molecule has 25 heavy (non-hydrogen) atoms. The Hall–Kier alpha value is -2.87. The van der Waals surface area contributed by atoms with Crippen LogP contribution in [0.2, 0.25) is 0 Å². The smallest absolute Gasteiger partial charge is 0.196 e. The lowest BCUT2D eigenvalue weighted by Gasteiger charge is -2.14. The van der Waals surface area contributed by atoms with Crippen molar-refractivity contribution < 1.29 is 14.6 Å². The van der Waals surface area contributed by atoms with Gasteiger partial charge in [0.05, 0.1) is 13.1 Å². The molecular formula is C17H15N4O3S-. The number of methoxy groups -OCH3 is 1. The molecule has 1 aromatic carbocycles. The number of pyridine rings is 1. The average molecular weight is 355 g/mol. The van der Waals surface area contributed by atoms with Crippen LogP contribution in [0.25, 0.3) is 17.1 Å². The zero-order valence-corrected chi connectivity index (χ0v) is 14.4. The highest BCUT2D eigenvalue weighted by Crippen LogP contribution is 2.30. The van der Waals surface area contributed by atoms with Gasteiger partial charge in [-0.15, -0.1) is 10.2 Å². The summed E-state index contributed by atoms with van der Waals surface area (Å²) in [5.41, 5.74) is 1.57. The van der Waals surface area contributed by atoms with Gasteiger partial charge in [0.1, 0.15) is 5.75 Å². The molecule has 2 aromatic heterocycles. The molecule has 0 aliphatic rings. The van der Waals surface area contributed by atoms with Crippen LogP contribution in [0.4, 0.5) is 0 Å². The minimum absolute atomic E-state index is 0.459. The van der Waals surface area contributed by atoms with Crippen LogP contribution < -0.4 is 9.84 Å². The molecular weight excluding hydrogens is 340 g/mol. The maximum atomic E-state index is 11.1. The Morgan fingerprint density at radius 3 is 2.60 bits per heavy atom. The summed E-state index contributed by atoms with van der Waals surface area (Å²) in [6.07, 6.45) is 3.35. The molecule has 0 N–H and O–H groups in total. The van der Waals surface area contributed by atoms with Crippen molar-refractivity contribution in [2.45, 2.75) is 17.3 Å². The van der Waals surface area contributed by atoms with Gasteiger partial charge >= 0.3 is 0 Å². The zero-order chi connectivity index (χ0) is 17.8. The van der Waals surface area contributed by atoms with E-state index in [1.165, 1.54) is 0 Å². The number of aromatic nitrogens is 4. The average Bonchev–Trinajstić information content (AvgIpc) is 3.06. The van der Waals surface area contributed by atoms with Gasteiger partial charge in [-0.3, -0.25) is 9.55 Å². The monoisotopic (exact) mass is 355 g/mol. The van der Waals surface area contributed by atoms with E-state index in [0.717, 1.165) is 28.8 Å². The Kier molecular flexibility index (Phi) is 4.99. The van der Waals surface area contributed by atoms with Crippen molar-refractivity contribution in [3.05, 3.63) is 48.8 Å². The fraction of sp³-hybridized carbons (Fsp3) is 0.176. The van der Waals surface area contributed by atoms with Crippen LogP contribution in [-0.4, -0.2) is 38.1 Å². The number of carboxylic acid groups (broad SMARTS) is 1. The van der Waals surface area contributed by atoms with Gasteiger partial charge in [-0.1, -0.05) is 11.8 Å². The topological polar surface area (TPSA) is 93.0 Å². The molecule has 1 atom stereocenters.